The lowest BCUT2D eigenvalue weighted by molar-refractivity contribution is -0.384. The Bertz CT molecular complexity index is 1250. The Hall–Kier alpha value is -4.07. The van der Waals surface area contributed by atoms with Gasteiger partial charge in [0.2, 0.25) is 0 Å². The molecule has 0 unspecified atom stereocenters. The van der Waals surface area contributed by atoms with Crippen molar-refractivity contribution in [1.82, 2.24) is 0 Å². The minimum atomic E-state index is -1.27. The summed E-state index contributed by atoms with van der Waals surface area (Å²) in [6.45, 7) is 6.42. The minimum absolute atomic E-state index is 0.111. The molecule has 0 spiro atoms. The highest BCUT2D eigenvalue weighted by Crippen LogP contribution is 2.46. The van der Waals surface area contributed by atoms with Gasteiger partial charge < -0.3 is 20.1 Å². The molecule has 182 valence electrons. The lowest BCUT2D eigenvalue weighted by Gasteiger charge is -2.26. The van der Waals surface area contributed by atoms with Gasteiger partial charge in [0.05, 0.1) is 27.9 Å². The molecule has 0 amide bonds. The number of nitrogens with zero attached hydrogens (tertiary/aromatic N) is 2. The Balaban J connectivity index is 1.66. The number of nitrogens with one attached hydrogen (secondary N) is 1. The van der Waals surface area contributed by atoms with E-state index in [1.165, 1.54) is 11.8 Å². The number of carbonyl (C=O) groups is 1. The summed E-state index contributed by atoms with van der Waals surface area (Å²) in [6.07, 6.45) is 4.55. The van der Waals surface area contributed by atoms with E-state index >= 15 is 0 Å². The average Bonchev–Trinajstić information content (AvgIpc) is 2.86. The van der Waals surface area contributed by atoms with E-state index in [0.717, 1.165) is 56.0 Å². The Morgan fingerprint density at radius 1 is 1.00 bits per heavy atom. The van der Waals surface area contributed by atoms with Gasteiger partial charge in [0.1, 0.15) is 0 Å². The molecule has 2 N–H and O–H groups in total. The molecule has 0 radical (unpaired) electrons. The first-order chi connectivity index (χ1) is 16.9. The normalized spacial score (nSPS) is 11.6. The van der Waals surface area contributed by atoms with Gasteiger partial charge in [0.15, 0.2) is 11.5 Å². The molecule has 0 fully saturated rings. The first kappa shape index (κ1) is 24.1. The monoisotopic (exact) mass is 475 g/mol. The van der Waals surface area contributed by atoms with Crippen molar-refractivity contribution in [3.8, 4) is 22.6 Å². The summed E-state index contributed by atoms with van der Waals surface area (Å²) < 4.78 is 5.96. The van der Waals surface area contributed by atoms with Gasteiger partial charge >= 0.3 is 5.97 Å². The first-order valence-corrected chi connectivity index (χ1v) is 11.9. The maximum atomic E-state index is 11.7. The number of benzene rings is 3. The van der Waals surface area contributed by atoms with Crippen LogP contribution in [0.2, 0.25) is 0 Å². The van der Waals surface area contributed by atoms with Crippen molar-refractivity contribution >= 4 is 28.7 Å². The highest BCUT2D eigenvalue weighted by Gasteiger charge is 2.27. The number of hydrogen-bond acceptors (Lipinski definition) is 6. The van der Waals surface area contributed by atoms with Gasteiger partial charge in [-0.15, -0.1) is 0 Å². The molecule has 1 aliphatic heterocycles. The molecule has 0 saturated heterocycles. The molecule has 0 aliphatic carbocycles. The number of carboxylic acid groups (broad SMARTS) is 1. The maximum Gasteiger partial charge on any atom is 0.338 e. The smallest absolute Gasteiger partial charge is 0.338 e. The van der Waals surface area contributed by atoms with Crippen LogP contribution in [-0.4, -0.2) is 29.1 Å². The molecular formula is C27H29N3O5. The second-order valence-electron chi connectivity index (χ2n) is 8.61. The first-order valence-electron chi connectivity index (χ1n) is 11.9. The number of unbranched alkanes of at least 4 members (excludes halogenated alkanes) is 2. The van der Waals surface area contributed by atoms with Crippen LogP contribution < -0.4 is 15.0 Å². The lowest BCUT2D eigenvalue weighted by Crippen LogP contribution is -2.25. The van der Waals surface area contributed by atoms with E-state index in [1.807, 2.05) is 30.3 Å². The molecule has 0 aromatic heterocycles. The Morgan fingerprint density at radius 3 is 2.37 bits per heavy atom. The fraction of sp³-hybridized carbons (Fsp3) is 0.296. The van der Waals surface area contributed by atoms with Gasteiger partial charge in [0.25, 0.3) is 5.69 Å². The predicted octanol–water partition coefficient (Wildman–Crippen LogP) is 7.22. The van der Waals surface area contributed by atoms with E-state index in [4.69, 9.17) is 4.74 Å². The largest absolute Gasteiger partial charge is 0.478 e. The van der Waals surface area contributed by atoms with Crippen LogP contribution in [-0.2, 0) is 0 Å². The fourth-order valence-electron chi connectivity index (χ4n) is 4.18. The van der Waals surface area contributed by atoms with Crippen molar-refractivity contribution in [2.75, 3.05) is 23.3 Å². The van der Waals surface area contributed by atoms with E-state index in [9.17, 15) is 20.0 Å². The van der Waals surface area contributed by atoms with Crippen LogP contribution in [0.15, 0.2) is 54.6 Å². The average molecular weight is 476 g/mol. The van der Waals surface area contributed by atoms with E-state index in [2.05, 4.69) is 36.2 Å². The number of rotatable bonds is 10. The van der Waals surface area contributed by atoms with Crippen molar-refractivity contribution in [2.45, 2.75) is 39.5 Å². The summed E-state index contributed by atoms with van der Waals surface area (Å²) in [4.78, 5) is 24.8. The molecule has 0 atom stereocenters. The fourth-order valence-corrected chi connectivity index (χ4v) is 4.18. The van der Waals surface area contributed by atoms with E-state index in [1.54, 1.807) is 0 Å². The van der Waals surface area contributed by atoms with Crippen LogP contribution in [0, 0.1) is 10.1 Å². The second-order valence-corrected chi connectivity index (χ2v) is 8.61. The zero-order valence-electron chi connectivity index (χ0n) is 19.9. The van der Waals surface area contributed by atoms with Crippen LogP contribution in [0.25, 0.3) is 11.1 Å². The van der Waals surface area contributed by atoms with Gasteiger partial charge in [-0.3, -0.25) is 10.1 Å². The predicted molar refractivity (Wildman–Crippen MR) is 137 cm³/mol. The molecule has 35 heavy (non-hydrogen) atoms. The number of carboxylic acids is 1. The SMILES string of the molecule is CCCCN(CCCC)c1cccc(-c2ccc3c(c2)Oc2cc([N+](=O)[O-])cc(C(=O)O)c2N3)c1. The molecule has 1 heterocycles. The Kier molecular flexibility index (Phi) is 7.19. The molecule has 8 nitrogen and oxygen atoms in total. The van der Waals surface area contributed by atoms with Crippen LogP contribution in [0.4, 0.5) is 22.7 Å². The maximum absolute atomic E-state index is 11.7. The molecular weight excluding hydrogens is 446 g/mol. The standard InChI is InChI=1S/C27H29N3O5/c1-3-5-12-29(13-6-4-2)20-9-7-8-18(14-20)19-10-11-23-24(15-19)35-25-17-21(30(33)34)16-22(27(31)32)26(25)28-23/h7-11,14-17,28H,3-6,12-13H2,1-2H3,(H,31,32). The van der Waals surface area contributed by atoms with Crippen molar-refractivity contribution in [3.63, 3.8) is 0 Å². The van der Waals surface area contributed by atoms with Crippen molar-refractivity contribution in [3.05, 3.63) is 70.3 Å². The van der Waals surface area contributed by atoms with Crippen molar-refractivity contribution < 1.29 is 19.6 Å². The van der Waals surface area contributed by atoms with E-state index in [0.29, 0.717) is 11.4 Å². The number of hydrogen-bond donors (Lipinski definition) is 2. The number of ether oxygens (including phenoxy) is 1. The minimum Gasteiger partial charge on any atom is -0.478 e. The zero-order chi connectivity index (χ0) is 24.9. The van der Waals surface area contributed by atoms with Crippen LogP contribution in [0.5, 0.6) is 11.5 Å². The highest BCUT2D eigenvalue weighted by molar-refractivity contribution is 5.99. The summed E-state index contributed by atoms with van der Waals surface area (Å²) in [5.74, 6) is -0.681. The lowest BCUT2D eigenvalue weighted by atomic mass is 10.0. The summed E-state index contributed by atoms with van der Waals surface area (Å²) in [5.41, 5.74) is 3.39. The quantitative estimate of drug-likeness (QED) is 0.184. The van der Waals surface area contributed by atoms with Crippen LogP contribution in [0.1, 0.15) is 49.9 Å². The van der Waals surface area contributed by atoms with Gasteiger partial charge in [-0.1, -0.05) is 44.9 Å². The third kappa shape index (κ3) is 5.21. The molecule has 1 aliphatic rings. The molecule has 8 heteroatoms. The second kappa shape index (κ2) is 10.5. The molecule has 4 rings (SSSR count). The number of fused-ring (bicyclic) bond motifs is 2. The van der Waals surface area contributed by atoms with E-state index in [-0.39, 0.29) is 22.7 Å². The van der Waals surface area contributed by atoms with Crippen molar-refractivity contribution in [2.24, 2.45) is 0 Å². The summed E-state index contributed by atoms with van der Waals surface area (Å²) in [6, 6.07) is 16.3. The Morgan fingerprint density at radius 2 is 1.71 bits per heavy atom. The van der Waals surface area contributed by atoms with E-state index < -0.39 is 10.9 Å². The van der Waals surface area contributed by atoms with Crippen LogP contribution in [0.3, 0.4) is 0 Å². The molecule has 3 aromatic rings. The summed E-state index contributed by atoms with van der Waals surface area (Å²) in [5, 5.41) is 23.9. The molecule has 0 saturated carbocycles. The topological polar surface area (TPSA) is 105 Å². The van der Waals surface area contributed by atoms with Crippen molar-refractivity contribution in [1.29, 1.82) is 0 Å². The number of nitro groups is 1. The van der Waals surface area contributed by atoms with Gasteiger partial charge in [-0.05, 0) is 48.2 Å². The highest BCUT2D eigenvalue weighted by atomic mass is 16.6. The molecule has 3 aromatic carbocycles. The zero-order valence-corrected chi connectivity index (χ0v) is 19.9. The number of non-ortho nitro benzene ring substituents is 1. The number of anilines is 3. The summed E-state index contributed by atoms with van der Waals surface area (Å²) >= 11 is 0. The van der Waals surface area contributed by atoms with Crippen LogP contribution >= 0.6 is 0 Å². The third-order valence-electron chi connectivity index (χ3n) is 6.10. The Labute approximate surface area is 204 Å². The molecule has 0 bridgehead atoms. The number of aromatic carboxylic acids is 1. The summed E-state index contributed by atoms with van der Waals surface area (Å²) in [7, 11) is 0. The van der Waals surface area contributed by atoms with Gasteiger partial charge in [0, 0.05) is 24.8 Å². The number of nitro benzene ring substituents is 1. The van der Waals surface area contributed by atoms with Gasteiger partial charge in [-0.2, -0.15) is 0 Å². The third-order valence-corrected chi connectivity index (χ3v) is 6.10. The van der Waals surface area contributed by atoms with Gasteiger partial charge in [-0.25, -0.2) is 4.79 Å².